The van der Waals surface area contributed by atoms with Gasteiger partial charge in [-0.3, -0.25) is 9.36 Å². The van der Waals surface area contributed by atoms with E-state index < -0.39 is 6.43 Å². The zero-order valence-corrected chi connectivity index (χ0v) is 20.0. The largest absolute Gasteiger partial charge is 0.384 e. The number of hydrogen-bond donors (Lipinski definition) is 2. The van der Waals surface area contributed by atoms with Crippen LogP contribution >= 0.6 is 0 Å². The lowest BCUT2D eigenvalue weighted by Gasteiger charge is -2.37. The molecule has 1 aromatic carbocycles. The number of carbonyl (C=O) groups is 1. The van der Waals surface area contributed by atoms with Crippen LogP contribution in [0.5, 0.6) is 0 Å². The van der Waals surface area contributed by atoms with E-state index >= 15 is 0 Å². The standard InChI is InChI=1S/C24H29F2N7O3/c1-35-9-6-21(34)28-16-12-15(13-16)27-19-14-20(31-24(30-19)32-7-10-36-11-8-32)33-18-5-3-2-4-17(18)29-23(33)22(25)26/h2-5,14-16,22H,6-13H2,1H3,(H,28,34)(H,27,30,31)/t15-,16-. The highest BCUT2D eigenvalue weighted by atomic mass is 19.3. The van der Waals surface area contributed by atoms with Crippen LogP contribution in [0, 0.1) is 0 Å². The van der Waals surface area contributed by atoms with Crippen LogP contribution < -0.4 is 15.5 Å². The second-order valence-corrected chi connectivity index (χ2v) is 8.93. The number of halogens is 2. The third kappa shape index (κ3) is 5.24. The van der Waals surface area contributed by atoms with Crippen molar-refractivity contribution in [2.45, 2.75) is 37.8 Å². The second-order valence-electron chi connectivity index (χ2n) is 8.93. The minimum atomic E-state index is -2.77. The van der Waals surface area contributed by atoms with E-state index in [1.54, 1.807) is 37.4 Å². The molecule has 12 heteroatoms. The number of benzene rings is 1. The molecule has 5 rings (SSSR count). The van der Waals surface area contributed by atoms with Crippen molar-refractivity contribution < 1.29 is 23.0 Å². The molecule has 0 bridgehead atoms. The monoisotopic (exact) mass is 501 g/mol. The minimum absolute atomic E-state index is 0.0364. The number of amides is 1. The molecule has 2 aliphatic rings. The van der Waals surface area contributed by atoms with Crippen LogP contribution in [-0.4, -0.2) is 77.5 Å². The van der Waals surface area contributed by atoms with Gasteiger partial charge in [-0.05, 0) is 25.0 Å². The normalized spacial score (nSPS) is 19.9. The Morgan fingerprint density at radius 1 is 1.17 bits per heavy atom. The highest BCUT2D eigenvalue weighted by Gasteiger charge is 2.31. The molecule has 1 amide bonds. The van der Waals surface area contributed by atoms with Crippen LogP contribution in [0.3, 0.4) is 0 Å². The Bertz CT molecular complexity index is 1210. The molecule has 3 heterocycles. The number of ether oxygens (including phenoxy) is 2. The number of imidazole rings is 1. The summed E-state index contributed by atoms with van der Waals surface area (Å²) in [6, 6.07) is 8.85. The minimum Gasteiger partial charge on any atom is -0.384 e. The maximum Gasteiger partial charge on any atom is 0.296 e. The lowest BCUT2D eigenvalue weighted by molar-refractivity contribution is -0.123. The average Bonchev–Trinajstić information content (AvgIpc) is 3.27. The summed E-state index contributed by atoms with van der Waals surface area (Å²) in [6.45, 7) is 2.68. The van der Waals surface area contributed by atoms with Crippen LogP contribution in [0.15, 0.2) is 30.3 Å². The van der Waals surface area contributed by atoms with E-state index in [9.17, 15) is 13.6 Å². The van der Waals surface area contributed by atoms with Crippen LogP contribution in [0.25, 0.3) is 16.9 Å². The molecule has 2 fully saturated rings. The molecule has 3 aromatic rings. The maximum atomic E-state index is 14.0. The number of rotatable bonds is 9. The summed E-state index contributed by atoms with van der Waals surface area (Å²) in [6.07, 6.45) is -0.971. The first-order valence-corrected chi connectivity index (χ1v) is 12.0. The van der Waals surface area contributed by atoms with Gasteiger partial charge in [0.1, 0.15) is 11.6 Å². The van der Waals surface area contributed by atoms with Crippen molar-refractivity contribution in [3.63, 3.8) is 0 Å². The van der Waals surface area contributed by atoms with Crippen LogP contribution in [0.2, 0.25) is 0 Å². The Labute approximate surface area is 207 Å². The summed E-state index contributed by atoms with van der Waals surface area (Å²) in [5, 5.41) is 6.39. The predicted octanol–water partition coefficient (Wildman–Crippen LogP) is 2.69. The molecule has 0 atom stereocenters. The van der Waals surface area contributed by atoms with Gasteiger partial charge >= 0.3 is 0 Å². The number of nitrogens with one attached hydrogen (secondary N) is 2. The van der Waals surface area contributed by atoms with Gasteiger partial charge in [-0.25, -0.2) is 13.8 Å². The summed E-state index contributed by atoms with van der Waals surface area (Å²) in [7, 11) is 1.56. The van der Waals surface area contributed by atoms with E-state index in [-0.39, 0.29) is 23.8 Å². The predicted molar refractivity (Wildman–Crippen MR) is 130 cm³/mol. The van der Waals surface area contributed by atoms with Gasteiger partial charge in [0, 0.05) is 44.8 Å². The van der Waals surface area contributed by atoms with E-state index in [1.165, 1.54) is 4.57 Å². The zero-order valence-electron chi connectivity index (χ0n) is 20.0. The van der Waals surface area contributed by atoms with E-state index in [4.69, 9.17) is 14.5 Å². The van der Waals surface area contributed by atoms with Crippen molar-refractivity contribution in [3.05, 3.63) is 36.2 Å². The van der Waals surface area contributed by atoms with E-state index in [2.05, 4.69) is 20.6 Å². The van der Waals surface area contributed by atoms with Crippen molar-refractivity contribution in [2.24, 2.45) is 0 Å². The van der Waals surface area contributed by atoms with Crippen molar-refractivity contribution in [1.29, 1.82) is 0 Å². The third-order valence-electron chi connectivity index (χ3n) is 6.39. The Hall–Kier alpha value is -3.38. The molecular weight excluding hydrogens is 472 g/mol. The molecule has 192 valence electrons. The van der Waals surface area contributed by atoms with Gasteiger partial charge in [-0.15, -0.1) is 0 Å². The molecule has 10 nitrogen and oxygen atoms in total. The highest BCUT2D eigenvalue weighted by Crippen LogP contribution is 2.30. The fourth-order valence-electron chi connectivity index (χ4n) is 4.50. The third-order valence-corrected chi connectivity index (χ3v) is 6.39. The van der Waals surface area contributed by atoms with Gasteiger partial charge in [0.15, 0.2) is 5.82 Å². The molecule has 2 N–H and O–H groups in total. The summed E-state index contributed by atoms with van der Waals surface area (Å²) in [4.78, 5) is 27.4. The number of alkyl halides is 2. The van der Waals surface area contributed by atoms with Crippen LogP contribution in [0.1, 0.15) is 31.5 Å². The quantitative estimate of drug-likeness (QED) is 0.461. The summed E-state index contributed by atoms with van der Waals surface area (Å²) in [5.74, 6) is 0.900. The number of anilines is 2. The topological polar surface area (TPSA) is 106 Å². The van der Waals surface area contributed by atoms with Gasteiger partial charge in [-0.1, -0.05) is 12.1 Å². The molecule has 1 aliphatic heterocycles. The molecule has 2 aromatic heterocycles. The number of para-hydroxylation sites is 2. The Morgan fingerprint density at radius 2 is 1.94 bits per heavy atom. The molecule has 0 unspecified atom stereocenters. The number of aromatic nitrogens is 4. The van der Waals surface area contributed by atoms with E-state index in [1.807, 2.05) is 4.90 Å². The smallest absolute Gasteiger partial charge is 0.296 e. The molecular formula is C24H29F2N7O3. The first kappa shape index (κ1) is 24.3. The van der Waals surface area contributed by atoms with Crippen molar-refractivity contribution >= 4 is 28.7 Å². The van der Waals surface area contributed by atoms with Gasteiger partial charge in [-0.2, -0.15) is 9.97 Å². The number of methoxy groups -OCH3 is 1. The fraction of sp³-hybridized carbons (Fsp3) is 0.500. The number of hydrogen-bond acceptors (Lipinski definition) is 8. The SMILES string of the molecule is COCCC(=O)N[C@H]1C[C@H](Nc2cc(-n3c(C(F)F)nc4ccccc43)nc(N3CCOCC3)n2)C1. The van der Waals surface area contributed by atoms with Gasteiger partial charge in [0.2, 0.25) is 11.9 Å². The van der Waals surface area contributed by atoms with Crippen LogP contribution in [0.4, 0.5) is 20.5 Å². The van der Waals surface area contributed by atoms with Crippen molar-refractivity contribution in [2.75, 3.05) is 50.2 Å². The Balaban J connectivity index is 1.41. The van der Waals surface area contributed by atoms with Gasteiger partial charge in [0.25, 0.3) is 6.43 Å². The van der Waals surface area contributed by atoms with Gasteiger partial charge in [0.05, 0.1) is 30.9 Å². The Morgan fingerprint density at radius 3 is 2.69 bits per heavy atom. The summed E-state index contributed by atoms with van der Waals surface area (Å²) < 4.78 is 39.8. The number of fused-ring (bicyclic) bond motifs is 1. The lowest BCUT2D eigenvalue weighted by atomic mass is 9.86. The molecule has 1 saturated carbocycles. The molecule has 0 spiro atoms. The zero-order chi connectivity index (χ0) is 25.1. The van der Waals surface area contributed by atoms with Crippen molar-refractivity contribution in [3.8, 4) is 5.82 Å². The van der Waals surface area contributed by atoms with Gasteiger partial charge < -0.3 is 25.0 Å². The molecule has 0 radical (unpaired) electrons. The van der Waals surface area contributed by atoms with Crippen molar-refractivity contribution in [1.82, 2.24) is 24.8 Å². The number of nitrogens with zero attached hydrogens (tertiary/aromatic N) is 5. The molecule has 1 saturated heterocycles. The number of morpholine rings is 1. The fourth-order valence-corrected chi connectivity index (χ4v) is 4.50. The Kier molecular flexibility index (Phi) is 7.23. The highest BCUT2D eigenvalue weighted by molar-refractivity contribution is 5.78. The number of carbonyl (C=O) groups excluding carboxylic acids is 1. The summed E-state index contributed by atoms with van der Waals surface area (Å²) >= 11 is 0. The average molecular weight is 502 g/mol. The molecule has 1 aliphatic carbocycles. The lowest BCUT2D eigenvalue weighted by Crippen LogP contribution is -2.50. The second kappa shape index (κ2) is 10.7. The van der Waals surface area contributed by atoms with E-state index in [0.29, 0.717) is 67.9 Å². The summed E-state index contributed by atoms with van der Waals surface area (Å²) in [5.41, 5.74) is 1.02. The first-order valence-electron chi connectivity index (χ1n) is 12.0. The first-order chi connectivity index (χ1) is 17.5. The van der Waals surface area contributed by atoms with E-state index in [0.717, 1.165) is 12.8 Å². The maximum absolute atomic E-state index is 14.0. The van der Waals surface area contributed by atoms with Crippen LogP contribution in [-0.2, 0) is 14.3 Å². The molecule has 36 heavy (non-hydrogen) atoms.